The highest BCUT2D eigenvalue weighted by atomic mass is 16.6. The van der Waals surface area contributed by atoms with Gasteiger partial charge >= 0.3 is 0 Å². The topological polar surface area (TPSA) is 52.4 Å². The molecule has 68 valence electrons. The third-order valence-electron chi connectivity index (χ3n) is 1.86. The zero-order valence-electron chi connectivity index (χ0n) is 6.97. The molecule has 2 rings (SSSR count). The number of nitrogens with zero attached hydrogens (tertiary/aromatic N) is 1. The molecule has 1 aromatic rings. The standard InChI is InChI=1S/C9H9NO3/c11-10(12)7-2-1-3-9(6-7)13-8-4-5-8/h1-3,6,8H,4-5H2. The van der Waals surface area contributed by atoms with Crippen LogP contribution in [-0.2, 0) is 0 Å². The summed E-state index contributed by atoms with van der Waals surface area (Å²) in [6, 6.07) is 6.29. The van der Waals surface area contributed by atoms with Gasteiger partial charge in [-0.1, -0.05) is 6.07 Å². The van der Waals surface area contributed by atoms with Crippen molar-refractivity contribution >= 4 is 5.69 Å². The number of rotatable bonds is 3. The molecular formula is C9H9NO3. The lowest BCUT2D eigenvalue weighted by molar-refractivity contribution is -0.384. The van der Waals surface area contributed by atoms with E-state index in [0.29, 0.717) is 5.75 Å². The van der Waals surface area contributed by atoms with Crippen molar-refractivity contribution in [3.63, 3.8) is 0 Å². The fraction of sp³-hybridized carbons (Fsp3) is 0.333. The first-order chi connectivity index (χ1) is 6.25. The van der Waals surface area contributed by atoms with Crippen LogP contribution in [0.4, 0.5) is 5.69 Å². The van der Waals surface area contributed by atoms with Crippen molar-refractivity contribution < 1.29 is 9.66 Å². The van der Waals surface area contributed by atoms with Crippen molar-refractivity contribution in [3.05, 3.63) is 34.4 Å². The fourth-order valence-electron chi connectivity index (χ4n) is 1.05. The molecule has 0 aromatic heterocycles. The molecule has 0 saturated heterocycles. The lowest BCUT2D eigenvalue weighted by atomic mass is 10.3. The summed E-state index contributed by atoms with van der Waals surface area (Å²) in [5.41, 5.74) is 0.0816. The summed E-state index contributed by atoms with van der Waals surface area (Å²) >= 11 is 0. The summed E-state index contributed by atoms with van der Waals surface area (Å²) in [6.07, 6.45) is 2.40. The molecule has 13 heavy (non-hydrogen) atoms. The van der Waals surface area contributed by atoms with Crippen LogP contribution in [0.25, 0.3) is 0 Å². The van der Waals surface area contributed by atoms with Gasteiger partial charge in [0.2, 0.25) is 0 Å². The van der Waals surface area contributed by atoms with Gasteiger partial charge in [-0.3, -0.25) is 10.1 Å². The molecule has 4 nitrogen and oxygen atoms in total. The summed E-state index contributed by atoms with van der Waals surface area (Å²) in [6.45, 7) is 0. The van der Waals surface area contributed by atoms with Gasteiger partial charge in [0.05, 0.1) is 17.1 Å². The molecule has 0 heterocycles. The van der Waals surface area contributed by atoms with E-state index in [1.165, 1.54) is 12.1 Å². The van der Waals surface area contributed by atoms with E-state index in [1.807, 2.05) is 0 Å². The number of hydrogen-bond donors (Lipinski definition) is 0. The van der Waals surface area contributed by atoms with Crippen LogP contribution < -0.4 is 4.74 Å². The minimum atomic E-state index is -0.417. The molecular weight excluding hydrogens is 170 g/mol. The lowest BCUT2D eigenvalue weighted by Crippen LogP contribution is -1.96. The van der Waals surface area contributed by atoms with Gasteiger partial charge < -0.3 is 4.74 Å². The second-order valence-electron chi connectivity index (χ2n) is 3.07. The summed E-state index contributed by atoms with van der Waals surface area (Å²) in [7, 11) is 0. The quantitative estimate of drug-likeness (QED) is 0.527. The Morgan fingerprint density at radius 2 is 2.23 bits per heavy atom. The van der Waals surface area contributed by atoms with Crippen molar-refractivity contribution in [2.24, 2.45) is 0 Å². The summed E-state index contributed by atoms with van der Waals surface area (Å²) in [5.74, 6) is 0.594. The van der Waals surface area contributed by atoms with Crippen LogP contribution in [0.1, 0.15) is 12.8 Å². The third-order valence-corrected chi connectivity index (χ3v) is 1.86. The molecule has 0 radical (unpaired) electrons. The summed E-state index contributed by atoms with van der Waals surface area (Å²) in [4.78, 5) is 9.99. The minimum Gasteiger partial charge on any atom is -0.490 e. The number of nitro groups is 1. The molecule has 4 heteroatoms. The van der Waals surface area contributed by atoms with Gasteiger partial charge in [-0.25, -0.2) is 0 Å². The maximum Gasteiger partial charge on any atom is 0.273 e. The van der Waals surface area contributed by atoms with Crippen LogP contribution in [0.5, 0.6) is 5.75 Å². The van der Waals surface area contributed by atoms with E-state index in [2.05, 4.69) is 0 Å². The molecule has 0 aliphatic heterocycles. The van der Waals surface area contributed by atoms with Gasteiger partial charge in [0, 0.05) is 6.07 Å². The van der Waals surface area contributed by atoms with Crippen molar-refractivity contribution in [2.75, 3.05) is 0 Å². The first kappa shape index (κ1) is 8.04. The molecule has 0 spiro atoms. The Balaban J connectivity index is 2.15. The SMILES string of the molecule is O=[N+]([O-])c1cccc(OC2CC2)c1. The van der Waals surface area contributed by atoms with E-state index in [1.54, 1.807) is 12.1 Å². The Bertz CT molecular complexity index is 333. The maximum absolute atomic E-state index is 10.4. The fourth-order valence-corrected chi connectivity index (χ4v) is 1.05. The molecule has 1 aromatic carbocycles. The average molecular weight is 179 g/mol. The van der Waals surface area contributed by atoms with Crippen molar-refractivity contribution in [2.45, 2.75) is 18.9 Å². The van der Waals surface area contributed by atoms with Crippen molar-refractivity contribution in [3.8, 4) is 5.75 Å². The number of non-ortho nitro benzene ring substituents is 1. The Kier molecular flexibility index (Phi) is 1.88. The molecule has 0 amide bonds. The summed E-state index contributed by atoms with van der Waals surface area (Å²) in [5, 5.41) is 10.4. The number of hydrogen-bond acceptors (Lipinski definition) is 3. The normalized spacial score (nSPS) is 15.4. The predicted octanol–water partition coefficient (Wildman–Crippen LogP) is 2.14. The van der Waals surface area contributed by atoms with Crippen LogP contribution in [0.15, 0.2) is 24.3 Å². The second-order valence-corrected chi connectivity index (χ2v) is 3.07. The van der Waals surface area contributed by atoms with Crippen LogP contribution in [0.3, 0.4) is 0 Å². The Hall–Kier alpha value is -1.58. The van der Waals surface area contributed by atoms with E-state index in [0.717, 1.165) is 12.8 Å². The van der Waals surface area contributed by atoms with Crippen LogP contribution in [0, 0.1) is 10.1 Å². The molecule has 1 aliphatic carbocycles. The van der Waals surface area contributed by atoms with Crippen LogP contribution >= 0.6 is 0 Å². The number of ether oxygens (including phenoxy) is 1. The molecule has 1 aliphatic rings. The molecule has 0 N–H and O–H groups in total. The number of benzene rings is 1. The molecule has 1 fully saturated rings. The molecule has 0 atom stereocenters. The van der Waals surface area contributed by atoms with Crippen molar-refractivity contribution in [1.82, 2.24) is 0 Å². The second kappa shape index (κ2) is 3.05. The van der Waals surface area contributed by atoms with Gasteiger partial charge in [-0.15, -0.1) is 0 Å². The average Bonchev–Trinajstić information content (AvgIpc) is 2.89. The predicted molar refractivity (Wildman–Crippen MR) is 46.7 cm³/mol. The van der Waals surface area contributed by atoms with Crippen LogP contribution in [-0.4, -0.2) is 11.0 Å². The summed E-state index contributed by atoms with van der Waals surface area (Å²) < 4.78 is 5.41. The van der Waals surface area contributed by atoms with Crippen LogP contribution in [0.2, 0.25) is 0 Å². The smallest absolute Gasteiger partial charge is 0.273 e. The molecule has 0 unspecified atom stereocenters. The first-order valence-electron chi connectivity index (χ1n) is 4.17. The Morgan fingerprint density at radius 3 is 2.85 bits per heavy atom. The minimum absolute atomic E-state index is 0.0816. The van der Waals surface area contributed by atoms with E-state index in [9.17, 15) is 10.1 Å². The van der Waals surface area contributed by atoms with Gasteiger partial charge in [0.1, 0.15) is 5.75 Å². The van der Waals surface area contributed by atoms with E-state index >= 15 is 0 Å². The van der Waals surface area contributed by atoms with Gasteiger partial charge in [-0.2, -0.15) is 0 Å². The first-order valence-corrected chi connectivity index (χ1v) is 4.17. The Morgan fingerprint density at radius 1 is 1.46 bits per heavy atom. The maximum atomic E-state index is 10.4. The third kappa shape index (κ3) is 1.96. The zero-order chi connectivity index (χ0) is 9.26. The molecule has 1 saturated carbocycles. The van der Waals surface area contributed by atoms with E-state index < -0.39 is 4.92 Å². The zero-order valence-corrected chi connectivity index (χ0v) is 6.97. The van der Waals surface area contributed by atoms with Gasteiger partial charge in [0.25, 0.3) is 5.69 Å². The van der Waals surface area contributed by atoms with Gasteiger partial charge in [0.15, 0.2) is 0 Å². The highest BCUT2D eigenvalue weighted by Gasteiger charge is 2.23. The van der Waals surface area contributed by atoms with Crippen molar-refractivity contribution in [1.29, 1.82) is 0 Å². The monoisotopic (exact) mass is 179 g/mol. The van der Waals surface area contributed by atoms with E-state index in [-0.39, 0.29) is 11.8 Å². The molecule has 0 bridgehead atoms. The lowest BCUT2D eigenvalue weighted by Gasteiger charge is -2.02. The van der Waals surface area contributed by atoms with E-state index in [4.69, 9.17) is 4.74 Å². The highest BCUT2D eigenvalue weighted by Crippen LogP contribution is 2.28. The largest absolute Gasteiger partial charge is 0.490 e. The highest BCUT2D eigenvalue weighted by molar-refractivity contribution is 5.38. The number of nitro benzene ring substituents is 1. The Labute approximate surface area is 75.3 Å². The van der Waals surface area contributed by atoms with Gasteiger partial charge in [-0.05, 0) is 18.9 Å².